The summed E-state index contributed by atoms with van der Waals surface area (Å²) in [4.78, 5) is 24.6. The highest BCUT2D eigenvalue weighted by atomic mass is 16.2. The maximum Gasteiger partial charge on any atom is 0.241 e. The van der Waals surface area contributed by atoms with Crippen LogP contribution in [0.1, 0.15) is 33.1 Å². The third-order valence-electron chi connectivity index (χ3n) is 3.03. The van der Waals surface area contributed by atoms with E-state index < -0.39 is 0 Å². The average Bonchev–Trinajstić information content (AvgIpc) is 2.40. The van der Waals surface area contributed by atoms with E-state index in [0.717, 1.165) is 19.4 Å². The lowest BCUT2D eigenvalue weighted by molar-refractivity contribution is -0.130. The first kappa shape index (κ1) is 12.0. The van der Waals surface area contributed by atoms with Gasteiger partial charge in [0.1, 0.15) is 0 Å². The normalized spacial score (nSPS) is 17.9. The molecule has 0 radical (unpaired) electrons. The summed E-state index contributed by atoms with van der Waals surface area (Å²) in [6.45, 7) is 5.81. The van der Waals surface area contributed by atoms with Gasteiger partial charge in [-0.05, 0) is 5.92 Å². The minimum atomic E-state index is -0.0182. The molecule has 86 valence electrons. The van der Waals surface area contributed by atoms with E-state index in [1.54, 1.807) is 0 Å². The fraction of sp³-hybridized carbons (Fsp3) is 0.818. The highest BCUT2D eigenvalue weighted by Gasteiger charge is 2.21. The Morgan fingerprint density at radius 1 is 1.33 bits per heavy atom. The molecule has 4 heteroatoms. The number of carbonyl (C=O) groups excluding carboxylic acids is 2. The van der Waals surface area contributed by atoms with Crippen LogP contribution < -0.4 is 5.32 Å². The third kappa shape index (κ3) is 3.53. The fourth-order valence-electron chi connectivity index (χ4n) is 1.79. The number of hydrogen-bond donors (Lipinski definition) is 1. The van der Waals surface area contributed by atoms with Crippen molar-refractivity contribution in [1.29, 1.82) is 0 Å². The number of nitrogens with zero attached hydrogens (tertiary/aromatic N) is 1. The first-order chi connectivity index (χ1) is 7.17. The van der Waals surface area contributed by atoms with Crippen LogP contribution in [0.4, 0.5) is 0 Å². The van der Waals surface area contributed by atoms with Gasteiger partial charge in [-0.15, -0.1) is 0 Å². The van der Waals surface area contributed by atoms with Crippen molar-refractivity contribution in [1.82, 2.24) is 10.2 Å². The molecule has 0 aliphatic carbocycles. The van der Waals surface area contributed by atoms with E-state index in [-0.39, 0.29) is 18.4 Å². The molecule has 1 aliphatic heterocycles. The van der Waals surface area contributed by atoms with E-state index in [4.69, 9.17) is 0 Å². The molecule has 0 bridgehead atoms. The molecule has 0 spiro atoms. The average molecular weight is 212 g/mol. The second kappa shape index (κ2) is 5.73. The van der Waals surface area contributed by atoms with Gasteiger partial charge in [-0.3, -0.25) is 9.59 Å². The maximum atomic E-state index is 11.6. The van der Waals surface area contributed by atoms with Gasteiger partial charge in [0, 0.05) is 19.5 Å². The van der Waals surface area contributed by atoms with Crippen LogP contribution in [0.25, 0.3) is 0 Å². The van der Waals surface area contributed by atoms with Crippen molar-refractivity contribution < 1.29 is 9.59 Å². The molecule has 1 N–H and O–H groups in total. The van der Waals surface area contributed by atoms with Gasteiger partial charge in [-0.25, -0.2) is 0 Å². The standard InChI is InChI=1S/C11H20N2O2/c1-3-9(4-2)8-13-6-5-10(14)12-7-11(13)15/h9H,3-8H2,1-2H3,(H,12,14). The lowest BCUT2D eigenvalue weighted by Crippen LogP contribution is -2.38. The highest BCUT2D eigenvalue weighted by molar-refractivity contribution is 5.87. The Balaban J connectivity index is 2.51. The minimum Gasteiger partial charge on any atom is -0.347 e. The zero-order chi connectivity index (χ0) is 11.3. The molecule has 1 fully saturated rings. The van der Waals surface area contributed by atoms with Crippen LogP contribution in [0.15, 0.2) is 0 Å². The van der Waals surface area contributed by atoms with Crippen molar-refractivity contribution in [2.75, 3.05) is 19.6 Å². The lowest BCUT2D eigenvalue weighted by atomic mass is 10.0. The van der Waals surface area contributed by atoms with Crippen molar-refractivity contribution in [3.05, 3.63) is 0 Å². The topological polar surface area (TPSA) is 49.4 Å². The molecule has 4 nitrogen and oxygen atoms in total. The molecule has 0 saturated carbocycles. The first-order valence-corrected chi connectivity index (χ1v) is 5.71. The summed E-state index contributed by atoms with van der Waals surface area (Å²) >= 11 is 0. The lowest BCUT2D eigenvalue weighted by Gasteiger charge is -2.24. The number of amides is 2. The predicted octanol–water partition coefficient (Wildman–Crippen LogP) is 0.771. The molecule has 2 amide bonds. The van der Waals surface area contributed by atoms with Crippen LogP contribution in [-0.2, 0) is 9.59 Å². The van der Waals surface area contributed by atoms with Crippen LogP contribution in [-0.4, -0.2) is 36.3 Å². The van der Waals surface area contributed by atoms with Crippen molar-refractivity contribution in [3.63, 3.8) is 0 Å². The molecular formula is C11H20N2O2. The minimum absolute atomic E-state index is 0.0182. The summed E-state index contributed by atoms with van der Waals surface area (Å²) in [5.74, 6) is 0.588. The van der Waals surface area contributed by atoms with Crippen LogP contribution in [0.3, 0.4) is 0 Å². The Labute approximate surface area is 91.0 Å². The Morgan fingerprint density at radius 3 is 2.60 bits per heavy atom. The summed E-state index contributed by atoms with van der Waals surface area (Å²) < 4.78 is 0. The molecule has 0 unspecified atom stereocenters. The maximum absolute atomic E-state index is 11.6. The van der Waals surface area contributed by atoms with E-state index in [2.05, 4.69) is 19.2 Å². The van der Waals surface area contributed by atoms with E-state index >= 15 is 0 Å². The number of nitrogens with one attached hydrogen (secondary N) is 1. The van der Waals surface area contributed by atoms with Crippen LogP contribution in [0.2, 0.25) is 0 Å². The van der Waals surface area contributed by atoms with Gasteiger partial charge in [-0.1, -0.05) is 26.7 Å². The fourth-order valence-corrected chi connectivity index (χ4v) is 1.79. The van der Waals surface area contributed by atoms with Gasteiger partial charge in [0.25, 0.3) is 0 Å². The van der Waals surface area contributed by atoms with Crippen LogP contribution in [0, 0.1) is 5.92 Å². The van der Waals surface area contributed by atoms with Crippen LogP contribution in [0.5, 0.6) is 0 Å². The Kier molecular flexibility index (Phi) is 4.59. The number of rotatable bonds is 4. The SMILES string of the molecule is CCC(CC)CN1CCC(=O)NCC1=O. The highest BCUT2D eigenvalue weighted by Crippen LogP contribution is 2.11. The summed E-state index contributed by atoms with van der Waals surface area (Å²) in [6.07, 6.45) is 2.61. The van der Waals surface area contributed by atoms with E-state index in [9.17, 15) is 9.59 Å². The largest absolute Gasteiger partial charge is 0.347 e. The second-order valence-corrected chi connectivity index (χ2v) is 4.05. The second-order valence-electron chi connectivity index (χ2n) is 4.05. The third-order valence-corrected chi connectivity index (χ3v) is 3.03. The first-order valence-electron chi connectivity index (χ1n) is 5.71. The van der Waals surface area contributed by atoms with Crippen LogP contribution >= 0.6 is 0 Å². The molecular weight excluding hydrogens is 192 g/mol. The quantitative estimate of drug-likeness (QED) is 0.748. The zero-order valence-electron chi connectivity index (χ0n) is 9.58. The van der Waals surface area contributed by atoms with Crippen molar-refractivity contribution in [2.45, 2.75) is 33.1 Å². The van der Waals surface area contributed by atoms with Gasteiger partial charge in [0.05, 0.1) is 6.54 Å². The molecule has 1 heterocycles. The predicted molar refractivity (Wildman–Crippen MR) is 58.3 cm³/mol. The summed E-state index contributed by atoms with van der Waals surface area (Å²) in [6, 6.07) is 0. The van der Waals surface area contributed by atoms with E-state index in [0.29, 0.717) is 18.9 Å². The summed E-state index contributed by atoms with van der Waals surface area (Å²) in [5, 5.41) is 2.60. The number of carbonyl (C=O) groups is 2. The zero-order valence-corrected chi connectivity index (χ0v) is 9.58. The van der Waals surface area contributed by atoms with Gasteiger partial charge >= 0.3 is 0 Å². The van der Waals surface area contributed by atoms with Gasteiger partial charge in [0.2, 0.25) is 11.8 Å². The van der Waals surface area contributed by atoms with Gasteiger partial charge < -0.3 is 10.2 Å². The number of hydrogen-bond acceptors (Lipinski definition) is 2. The van der Waals surface area contributed by atoms with E-state index in [1.165, 1.54) is 0 Å². The van der Waals surface area contributed by atoms with Crippen molar-refractivity contribution >= 4 is 11.8 Å². The van der Waals surface area contributed by atoms with Crippen molar-refractivity contribution in [2.24, 2.45) is 5.92 Å². The Morgan fingerprint density at radius 2 is 2.00 bits per heavy atom. The summed E-state index contributed by atoms with van der Waals surface area (Å²) in [5.41, 5.74) is 0. The monoisotopic (exact) mass is 212 g/mol. The smallest absolute Gasteiger partial charge is 0.241 e. The molecule has 1 aliphatic rings. The molecule has 1 saturated heterocycles. The Bertz CT molecular complexity index is 237. The molecule has 1 rings (SSSR count). The molecule has 0 aromatic heterocycles. The van der Waals surface area contributed by atoms with Gasteiger partial charge in [0.15, 0.2) is 0 Å². The molecule has 0 aromatic carbocycles. The van der Waals surface area contributed by atoms with Gasteiger partial charge in [-0.2, -0.15) is 0 Å². The molecule has 0 atom stereocenters. The summed E-state index contributed by atoms with van der Waals surface area (Å²) in [7, 11) is 0. The Hall–Kier alpha value is -1.06. The molecule has 15 heavy (non-hydrogen) atoms. The van der Waals surface area contributed by atoms with Crippen molar-refractivity contribution in [3.8, 4) is 0 Å². The van der Waals surface area contributed by atoms with E-state index in [1.807, 2.05) is 4.90 Å². The molecule has 0 aromatic rings.